The maximum atomic E-state index is 5.99. The van der Waals surface area contributed by atoms with Crippen LogP contribution in [-0.2, 0) is 4.74 Å². The molecule has 0 bridgehead atoms. The van der Waals surface area contributed by atoms with Gasteiger partial charge in [-0.15, -0.1) is 0 Å². The average molecular weight is 195 g/mol. The van der Waals surface area contributed by atoms with Crippen molar-refractivity contribution in [3.05, 3.63) is 0 Å². The predicted octanol–water partition coefficient (Wildman–Crippen LogP) is 1.90. The van der Waals surface area contributed by atoms with Crippen LogP contribution in [0.4, 0.5) is 0 Å². The summed E-state index contributed by atoms with van der Waals surface area (Å²) in [4.78, 5) is 2.46. The topological polar surface area (TPSA) is 12.5 Å². The van der Waals surface area contributed by atoms with Crippen molar-refractivity contribution in [2.75, 3.05) is 26.7 Å². The van der Waals surface area contributed by atoms with Crippen molar-refractivity contribution < 1.29 is 4.74 Å². The summed E-state index contributed by atoms with van der Waals surface area (Å²) in [6.07, 6.45) is 7.62. The van der Waals surface area contributed by atoms with Gasteiger partial charge in [0.1, 0.15) is 0 Å². The number of ether oxygens (including phenoxy) is 1. The zero-order valence-electron chi connectivity index (χ0n) is 9.17. The first kappa shape index (κ1) is 9.17. The molecule has 2 nitrogen and oxygen atoms in total. The number of hydrogen-bond donors (Lipinski definition) is 0. The van der Waals surface area contributed by atoms with E-state index in [9.17, 15) is 0 Å². The molecule has 0 aromatic carbocycles. The Kier molecular flexibility index (Phi) is 2.10. The molecule has 2 heterocycles. The van der Waals surface area contributed by atoms with Crippen LogP contribution in [-0.4, -0.2) is 37.7 Å². The lowest BCUT2D eigenvalue weighted by Crippen LogP contribution is -2.51. The molecule has 1 spiro atoms. The third-order valence-electron chi connectivity index (χ3n) is 4.69. The van der Waals surface area contributed by atoms with Gasteiger partial charge < -0.3 is 9.64 Å². The maximum absolute atomic E-state index is 5.99. The van der Waals surface area contributed by atoms with Gasteiger partial charge in [0.15, 0.2) is 0 Å². The molecule has 2 atom stereocenters. The van der Waals surface area contributed by atoms with Gasteiger partial charge >= 0.3 is 0 Å². The minimum absolute atomic E-state index is 0.577. The lowest BCUT2D eigenvalue weighted by atomic mass is 9.64. The minimum Gasteiger partial charge on any atom is -0.377 e. The van der Waals surface area contributed by atoms with E-state index in [1.807, 2.05) is 0 Å². The van der Waals surface area contributed by atoms with E-state index < -0.39 is 0 Å². The lowest BCUT2D eigenvalue weighted by Gasteiger charge is -2.52. The molecule has 0 N–H and O–H groups in total. The van der Waals surface area contributed by atoms with Crippen LogP contribution in [0, 0.1) is 11.3 Å². The Morgan fingerprint density at radius 1 is 1.21 bits per heavy atom. The molecule has 14 heavy (non-hydrogen) atoms. The largest absolute Gasteiger partial charge is 0.377 e. The molecule has 3 rings (SSSR count). The standard InChI is InChI=1S/C12H21NO/c1-13-6-4-12(5-7-13)8-10-2-3-11(10)14-9-12/h10-11H,2-9H2,1H3. The average Bonchev–Trinajstić information content (AvgIpc) is 2.16. The Labute approximate surface area is 86.6 Å². The molecule has 3 aliphatic rings. The molecule has 2 heteroatoms. The van der Waals surface area contributed by atoms with Crippen LogP contribution >= 0.6 is 0 Å². The summed E-state index contributed by atoms with van der Waals surface area (Å²) in [5.74, 6) is 0.923. The van der Waals surface area contributed by atoms with Gasteiger partial charge in [-0.3, -0.25) is 0 Å². The van der Waals surface area contributed by atoms with Crippen molar-refractivity contribution in [1.82, 2.24) is 4.90 Å². The molecular formula is C12H21NO. The molecule has 0 aromatic heterocycles. The van der Waals surface area contributed by atoms with Gasteiger partial charge in [0.25, 0.3) is 0 Å². The molecule has 2 aliphatic heterocycles. The predicted molar refractivity (Wildman–Crippen MR) is 56.2 cm³/mol. The van der Waals surface area contributed by atoms with Crippen LogP contribution in [0.1, 0.15) is 32.1 Å². The van der Waals surface area contributed by atoms with Crippen molar-refractivity contribution in [3.63, 3.8) is 0 Å². The first-order valence-corrected chi connectivity index (χ1v) is 6.08. The summed E-state index contributed by atoms with van der Waals surface area (Å²) < 4.78 is 5.99. The van der Waals surface area contributed by atoms with Crippen LogP contribution < -0.4 is 0 Å². The van der Waals surface area contributed by atoms with E-state index in [1.165, 1.54) is 45.2 Å². The normalized spacial score (nSPS) is 41.8. The highest BCUT2D eigenvalue weighted by Gasteiger charge is 2.46. The monoisotopic (exact) mass is 195 g/mol. The maximum Gasteiger partial charge on any atom is 0.0603 e. The highest BCUT2D eigenvalue weighted by Crippen LogP contribution is 2.49. The van der Waals surface area contributed by atoms with Crippen LogP contribution in [0.15, 0.2) is 0 Å². The highest BCUT2D eigenvalue weighted by atomic mass is 16.5. The summed E-state index contributed by atoms with van der Waals surface area (Å²) in [5.41, 5.74) is 0.577. The molecule has 80 valence electrons. The molecule has 0 amide bonds. The SMILES string of the molecule is CN1CCC2(CC1)COC1CCC1C2. The first-order valence-electron chi connectivity index (χ1n) is 6.08. The molecular weight excluding hydrogens is 174 g/mol. The van der Waals surface area contributed by atoms with E-state index in [-0.39, 0.29) is 0 Å². The van der Waals surface area contributed by atoms with Crippen molar-refractivity contribution >= 4 is 0 Å². The third kappa shape index (κ3) is 1.40. The van der Waals surface area contributed by atoms with Crippen molar-refractivity contribution in [1.29, 1.82) is 0 Å². The fraction of sp³-hybridized carbons (Fsp3) is 1.00. The molecule has 1 saturated carbocycles. The Bertz CT molecular complexity index is 215. The Morgan fingerprint density at radius 2 is 2.00 bits per heavy atom. The fourth-order valence-corrected chi connectivity index (χ4v) is 3.33. The fourth-order valence-electron chi connectivity index (χ4n) is 3.33. The number of nitrogens with zero attached hydrogens (tertiary/aromatic N) is 1. The smallest absolute Gasteiger partial charge is 0.0603 e. The van der Waals surface area contributed by atoms with Gasteiger partial charge in [0.05, 0.1) is 12.7 Å². The van der Waals surface area contributed by atoms with Crippen molar-refractivity contribution in [2.45, 2.75) is 38.2 Å². The third-order valence-corrected chi connectivity index (χ3v) is 4.69. The van der Waals surface area contributed by atoms with Gasteiger partial charge in [0.2, 0.25) is 0 Å². The molecule has 3 fully saturated rings. The second-order valence-corrected chi connectivity index (χ2v) is 5.69. The van der Waals surface area contributed by atoms with Crippen molar-refractivity contribution in [2.24, 2.45) is 11.3 Å². The van der Waals surface area contributed by atoms with Gasteiger partial charge in [0, 0.05) is 0 Å². The summed E-state index contributed by atoms with van der Waals surface area (Å²) in [6.45, 7) is 3.61. The number of piperidine rings is 1. The summed E-state index contributed by atoms with van der Waals surface area (Å²) in [6, 6.07) is 0. The Morgan fingerprint density at radius 3 is 2.57 bits per heavy atom. The van der Waals surface area contributed by atoms with E-state index >= 15 is 0 Å². The van der Waals surface area contributed by atoms with E-state index in [2.05, 4.69) is 11.9 Å². The first-order chi connectivity index (χ1) is 6.77. The van der Waals surface area contributed by atoms with E-state index in [4.69, 9.17) is 4.74 Å². The van der Waals surface area contributed by atoms with Crippen LogP contribution in [0.5, 0.6) is 0 Å². The lowest BCUT2D eigenvalue weighted by molar-refractivity contribution is -0.155. The van der Waals surface area contributed by atoms with Gasteiger partial charge in [-0.1, -0.05) is 0 Å². The number of likely N-dealkylation sites (tertiary alicyclic amines) is 1. The van der Waals surface area contributed by atoms with Crippen LogP contribution in [0.25, 0.3) is 0 Å². The van der Waals surface area contributed by atoms with Gasteiger partial charge in [-0.2, -0.15) is 0 Å². The van der Waals surface area contributed by atoms with Crippen LogP contribution in [0.2, 0.25) is 0 Å². The molecule has 1 aliphatic carbocycles. The number of fused-ring (bicyclic) bond motifs is 1. The quantitative estimate of drug-likeness (QED) is 0.585. The zero-order valence-corrected chi connectivity index (χ0v) is 9.17. The molecule has 0 radical (unpaired) electrons. The Hall–Kier alpha value is -0.0800. The second-order valence-electron chi connectivity index (χ2n) is 5.69. The second kappa shape index (κ2) is 3.21. The summed E-state index contributed by atoms with van der Waals surface area (Å²) in [5, 5.41) is 0. The highest BCUT2D eigenvalue weighted by molar-refractivity contribution is 4.96. The Balaban J connectivity index is 1.66. The van der Waals surface area contributed by atoms with Crippen LogP contribution in [0.3, 0.4) is 0 Å². The number of rotatable bonds is 0. The van der Waals surface area contributed by atoms with E-state index in [1.54, 1.807) is 0 Å². The van der Waals surface area contributed by atoms with Crippen molar-refractivity contribution in [3.8, 4) is 0 Å². The summed E-state index contributed by atoms with van der Waals surface area (Å²) >= 11 is 0. The zero-order chi connectivity index (χ0) is 9.60. The molecule has 2 unspecified atom stereocenters. The van der Waals surface area contributed by atoms with E-state index in [0.717, 1.165) is 12.5 Å². The van der Waals surface area contributed by atoms with Gasteiger partial charge in [-0.05, 0) is 63.6 Å². The molecule has 0 aromatic rings. The molecule has 2 saturated heterocycles. The minimum atomic E-state index is 0.577. The number of hydrogen-bond acceptors (Lipinski definition) is 2. The van der Waals surface area contributed by atoms with E-state index in [0.29, 0.717) is 11.5 Å². The summed E-state index contributed by atoms with van der Waals surface area (Å²) in [7, 11) is 2.24. The van der Waals surface area contributed by atoms with Gasteiger partial charge in [-0.25, -0.2) is 0 Å².